The summed E-state index contributed by atoms with van der Waals surface area (Å²) in [5.41, 5.74) is 0.157. The zero-order chi connectivity index (χ0) is 20.2. The Labute approximate surface area is 161 Å². The highest BCUT2D eigenvalue weighted by atomic mass is 16.3. The van der Waals surface area contributed by atoms with Crippen molar-refractivity contribution in [2.45, 2.75) is 59.2 Å². The number of furan rings is 1. The number of benzene rings is 1. The topological polar surface area (TPSA) is 62.6 Å². The van der Waals surface area contributed by atoms with Crippen molar-refractivity contribution >= 4 is 11.8 Å². The molecule has 0 aliphatic carbocycles. The summed E-state index contributed by atoms with van der Waals surface area (Å²) in [6.07, 6.45) is 1.58. The highest BCUT2D eigenvalue weighted by Crippen LogP contribution is 2.28. The Hall–Kier alpha value is -2.56. The summed E-state index contributed by atoms with van der Waals surface area (Å²) in [5.74, 6) is 0.216. The maximum absolute atomic E-state index is 13.4. The molecule has 146 valence electrons. The van der Waals surface area contributed by atoms with Crippen molar-refractivity contribution in [2.24, 2.45) is 5.92 Å². The van der Waals surface area contributed by atoms with Crippen LogP contribution >= 0.6 is 0 Å². The Morgan fingerprint density at radius 3 is 2.11 bits per heavy atom. The zero-order valence-corrected chi connectivity index (χ0v) is 17.0. The van der Waals surface area contributed by atoms with Gasteiger partial charge < -0.3 is 14.6 Å². The first-order valence-corrected chi connectivity index (χ1v) is 9.35. The van der Waals surface area contributed by atoms with Crippen LogP contribution in [-0.4, -0.2) is 28.3 Å². The van der Waals surface area contributed by atoms with Crippen LogP contribution in [0.5, 0.6) is 0 Å². The van der Waals surface area contributed by atoms with Gasteiger partial charge in [0.1, 0.15) is 11.8 Å². The lowest BCUT2D eigenvalue weighted by Gasteiger charge is -2.38. The molecule has 1 aromatic heterocycles. The number of rotatable bonds is 6. The molecule has 5 nitrogen and oxygen atoms in total. The summed E-state index contributed by atoms with van der Waals surface area (Å²) in [6, 6.07) is 11.6. The maximum Gasteiger partial charge on any atom is 0.255 e. The first-order valence-electron chi connectivity index (χ1n) is 9.35. The van der Waals surface area contributed by atoms with Crippen LogP contribution in [-0.2, 0) is 4.79 Å². The van der Waals surface area contributed by atoms with Crippen molar-refractivity contribution in [2.75, 3.05) is 0 Å². The van der Waals surface area contributed by atoms with E-state index in [0.29, 0.717) is 11.3 Å². The molecule has 5 heteroatoms. The summed E-state index contributed by atoms with van der Waals surface area (Å²) in [5, 5.41) is 3.02. The zero-order valence-electron chi connectivity index (χ0n) is 17.0. The highest BCUT2D eigenvalue weighted by molar-refractivity contribution is 5.98. The lowest BCUT2D eigenvalue weighted by molar-refractivity contribution is -0.129. The lowest BCUT2D eigenvalue weighted by atomic mass is 9.96. The van der Waals surface area contributed by atoms with E-state index in [2.05, 4.69) is 5.32 Å². The molecule has 2 amide bonds. The van der Waals surface area contributed by atoms with E-state index in [1.165, 1.54) is 0 Å². The molecule has 0 radical (unpaired) electrons. The molecular formula is C22H30N2O3. The molecule has 2 unspecified atom stereocenters. The lowest BCUT2D eigenvalue weighted by Crippen LogP contribution is -2.56. The van der Waals surface area contributed by atoms with Crippen LogP contribution in [0.1, 0.15) is 63.7 Å². The standard InChI is InChI=1S/C22H30N2O3/c1-15(2)19(20(25)23-22(4,5)6)24(16(3)18-13-10-14-27-18)21(26)17-11-8-7-9-12-17/h7-16,19H,1-6H3,(H,23,25). The van der Waals surface area contributed by atoms with Crippen molar-refractivity contribution in [3.8, 4) is 0 Å². The predicted octanol–water partition coefficient (Wildman–Crippen LogP) is 4.42. The molecule has 2 rings (SSSR count). The molecule has 0 fully saturated rings. The van der Waals surface area contributed by atoms with E-state index < -0.39 is 6.04 Å². The van der Waals surface area contributed by atoms with Gasteiger partial charge in [-0.1, -0.05) is 32.0 Å². The van der Waals surface area contributed by atoms with Crippen LogP contribution < -0.4 is 5.32 Å². The van der Waals surface area contributed by atoms with Crippen molar-refractivity contribution in [3.05, 3.63) is 60.1 Å². The van der Waals surface area contributed by atoms with Gasteiger partial charge in [0.2, 0.25) is 5.91 Å². The highest BCUT2D eigenvalue weighted by Gasteiger charge is 2.38. The van der Waals surface area contributed by atoms with E-state index in [1.807, 2.05) is 65.8 Å². The maximum atomic E-state index is 13.4. The Morgan fingerprint density at radius 2 is 1.63 bits per heavy atom. The third-order valence-electron chi connectivity index (χ3n) is 4.33. The molecule has 0 saturated carbocycles. The van der Waals surface area contributed by atoms with Crippen molar-refractivity contribution in [1.29, 1.82) is 0 Å². The van der Waals surface area contributed by atoms with Crippen LogP contribution in [0.2, 0.25) is 0 Å². The molecule has 0 aliphatic heterocycles. The number of amides is 2. The molecule has 1 heterocycles. The van der Waals surface area contributed by atoms with Crippen LogP contribution in [0.4, 0.5) is 0 Å². The normalized spacial score (nSPS) is 13.9. The third-order valence-corrected chi connectivity index (χ3v) is 4.33. The number of carbonyl (C=O) groups is 2. The number of carbonyl (C=O) groups excluding carboxylic acids is 2. The molecule has 1 N–H and O–H groups in total. The Balaban J connectivity index is 2.48. The summed E-state index contributed by atoms with van der Waals surface area (Å²) < 4.78 is 5.55. The van der Waals surface area contributed by atoms with Crippen LogP contribution in [0.25, 0.3) is 0 Å². The fraction of sp³-hybridized carbons (Fsp3) is 0.455. The van der Waals surface area contributed by atoms with Gasteiger partial charge in [0.15, 0.2) is 0 Å². The number of hydrogen-bond acceptors (Lipinski definition) is 3. The molecule has 0 bridgehead atoms. The van der Waals surface area contributed by atoms with E-state index in [1.54, 1.807) is 29.4 Å². The molecule has 2 aromatic rings. The monoisotopic (exact) mass is 370 g/mol. The Kier molecular flexibility index (Phi) is 6.47. The minimum Gasteiger partial charge on any atom is -0.467 e. The van der Waals surface area contributed by atoms with Gasteiger partial charge in [-0.05, 0) is 57.9 Å². The summed E-state index contributed by atoms with van der Waals surface area (Å²) in [4.78, 5) is 28.2. The van der Waals surface area contributed by atoms with Crippen molar-refractivity contribution < 1.29 is 14.0 Å². The largest absolute Gasteiger partial charge is 0.467 e. The van der Waals surface area contributed by atoms with Crippen LogP contribution in [0, 0.1) is 5.92 Å². The molecule has 27 heavy (non-hydrogen) atoms. The minimum atomic E-state index is -0.628. The second-order valence-electron chi connectivity index (χ2n) is 8.20. The molecule has 0 aliphatic rings. The Bertz CT molecular complexity index is 746. The average Bonchev–Trinajstić information content (AvgIpc) is 3.11. The Morgan fingerprint density at radius 1 is 1.00 bits per heavy atom. The SMILES string of the molecule is CC(C)C(C(=O)NC(C)(C)C)N(C(=O)c1ccccc1)C(C)c1ccco1. The van der Waals surface area contributed by atoms with Gasteiger partial charge in [0.25, 0.3) is 5.91 Å². The van der Waals surface area contributed by atoms with Crippen molar-refractivity contribution in [3.63, 3.8) is 0 Å². The number of nitrogens with one attached hydrogen (secondary N) is 1. The fourth-order valence-corrected chi connectivity index (χ4v) is 3.13. The minimum absolute atomic E-state index is 0.0718. The van der Waals surface area contributed by atoms with Gasteiger partial charge in [-0.3, -0.25) is 9.59 Å². The van der Waals surface area contributed by atoms with E-state index >= 15 is 0 Å². The number of hydrogen-bond donors (Lipinski definition) is 1. The van der Waals surface area contributed by atoms with Gasteiger partial charge in [-0.2, -0.15) is 0 Å². The van der Waals surface area contributed by atoms with Gasteiger partial charge in [0.05, 0.1) is 12.3 Å². The van der Waals surface area contributed by atoms with E-state index in [0.717, 1.165) is 0 Å². The average molecular weight is 370 g/mol. The first kappa shape index (κ1) is 20.7. The second kappa shape index (κ2) is 8.42. The summed E-state index contributed by atoms with van der Waals surface area (Å²) in [7, 11) is 0. The summed E-state index contributed by atoms with van der Waals surface area (Å²) >= 11 is 0. The van der Waals surface area contributed by atoms with Gasteiger partial charge in [-0.15, -0.1) is 0 Å². The first-order chi connectivity index (χ1) is 12.6. The predicted molar refractivity (Wildman–Crippen MR) is 106 cm³/mol. The second-order valence-corrected chi connectivity index (χ2v) is 8.20. The van der Waals surface area contributed by atoms with Crippen LogP contribution in [0.3, 0.4) is 0 Å². The van der Waals surface area contributed by atoms with Crippen LogP contribution in [0.15, 0.2) is 53.1 Å². The quantitative estimate of drug-likeness (QED) is 0.818. The number of nitrogens with zero attached hydrogens (tertiary/aromatic N) is 1. The van der Waals surface area contributed by atoms with Gasteiger partial charge in [-0.25, -0.2) is 0 Å². The molecule has 0 saturated heterocycles. The molecule has 1 aromatic carbocycles. The molecule has 2 atom stereocenters. The third kappa shape index (κ3) is 5.22. The van der Waals surface area contributed by atoms with E-state index in [9.17, 15) is 9.59 Å². The fourth-order valence-electron chi connectivity index (χ4n) is 3.13. The van der Waals surface area contributed by atoms with E-state index in [4.69, 9.17) is 4.42 Å². The summed E-state index contributed by atoms with van der Waals surface area (Å²) in [6.45, 7) is 11.6. The molecule has 0 spiro atoms. The van der Waals surface area contributed by atoms with E-state index in [-0.39, 0.29) is 29.3 Å². The van der Waals surface area contributed by atoms with Gasteiger partial charge >= 0.3 is 0 Å². The van der Waals surface area contributed by atoms with Crippen molar-refractivity contribution in [1.82, 2.24) is 10.2 Å². The molecular weight excluding hydrogens is 340 g/mol. The van der Waals surface area contributed by atoms with Gasteiger partial charge in [0, 0.05) is 11.1 Å². The smallest absolute Gasteiger partial charge is 0.255 e.